The molecule has 0 radical (unpaired) electrons. The van der Waals surface area contributed by atoms with Crippen LogP contribution in [0.5, 0.6) is 0 Å². The Bertz CT molecular complexity index is 818. The lowest BCUT2D eigenvalue weighted by molar-refractivity contribution is 1.30. The lowest BCUT2D eigenvalue weighted by Crippen LogP contribution is -1.96. The number of fused-ring (bicyclic) bond motifs is 1. The summed E-state index contributed by atoms with van der Waals surface area (Å²) in [6.07, 6.45) is 0. The van der Waals surface area contributed by atoms with Crippen molar-refractivity contribution in [3.05, 3.63) is 45.4 Å². The van der Waals surface area contributed by atoms with Crippen LogP contribution in [0.4, 0.5) is 5.69 Å². The summed E-state index contributed by atoms with van der Waals surface area (Å²) in [5.74, 6) is 0.825. The van der Waals surface area contributed by atoms with E-state index in [0.29, 0.717) is 0 Å². The molecular formula is C16H16BrN3. The van der Waals surface area contributed by atoms with Crippen LogP contribution in [0, 0.1) is 20.8 Å². The average molecular weight is 330 g/mol. The lowest BCUT2D eigenvalue weighted by atomic mass is 10.0. The SMILES string of the molecule is Cc1cc(C)c(N)c(-c2nc3c(C)cc(Br)cc3[nH]2)c1. The minimum absolute atomic E-state index is 0.784. The Labute approximate surface area is 126 Å². The fourth-order valence-electron chi connectivity index (χ4n) is 2.55. The molecule has 20 heavy (non-hydrogen) atoms. The highest BCUT2D eigenvalue weighted by Crippen LogP contribution is 2.31. The van der Waals surface area contributed by atoms with Crippen molar-refractivity contribution >= 4 is 32.7 Å². The Morgan fingerprint density at radius 1 is 1.05 bits per heavy atom. The van der Waals surface area contributed by atoms with E-state index in [-0.39, 0.29) is 0 Å². The van der Waals surface area contributed by atoms with Gasteiger partial charge in [0.2, 0.25) is 0 Å². The fourth-order valence-corrected chi connectivity index (χ4v) is 3.12. The normalized spacial score (nSPS) is 11.2. The first kappa shape index (κ1) is 13.2. The van der Waals surface area contributed by atoms with Crippen molar-refractivity contribution in [1.29, 1.82) is 0 Å². The first-order chi connectivity index (χ1) is 9.45. The van der Waals surface area contributed by atoms with E-state index in [1.54, 1.807) is 0 Å². The zero-order chi connectivity index (χ0) is 14.4. The molecule has 0 saturated heterocycles. The van der Waals surface area contributed by atoms with Gasteiger partial charge < -0.3 is 10.7 Å². The number of anilines is 1. The van der Waals surface area contributed by atoms with Crippen LogP contribution >= 0.6 is 15.9 Å². The number of nitrogens with one attached hydrogen (secondary N) is 1. The molecule has 3 nitrogen and oxygen atoms in total. The summed E-state index contributed by atoms with van der Waals surface area (Å²) in [6.45, 7) is 6.15. The highest BCUT2D eigenvalue weighted by Gasteiger charge is 2.12. The summed E-state index contributed by atoms with van der Waals surface area (Å²) in [4.78, 5) is 8.08. The van der Waals surface area contributed by atoms with Crippen LogP contribution in [0.15, 0.2) is 28.7 Å². The van der Waals surface area contributed by atoms with Gasteiger partial charge >= 0.3 is 0 Å². The van der Waals surface area contributed by atoms with E-state index >= 15 is 0 Å². The van der Waals surface area contributed by atoms with Gasteiger partial charge in [-0.25, -0.2) is 4.98 Å². The van der Waals surface area contributed by atoms with E-state index in [0.717, 1.165) is 43.7 Å². The highest BCUT2D eigenvalue weighted by atomic mass is 79.9. The minimum atomic E-state index is 0.784. The third-order valence-corrected chi connectivity index (χ3v) is 3.99. The van der Waals surface area contributed by atoms with Crippen molar-refractivity contribution in [2.75, 3.05) is 5.73 Å². The van der Waals surface area contributed by atoms with Crippen LogP contribution in [-0.2, 0) is 0 Å². The van der Waals surface area contributed by atoms with Gasteiger partial charge in [-0.1, -0.05) is 22.0 Å². The molecule has 102 valence electrons. The summed E-state index contributed by atoms with van der Waals surface area (Å²) in [7, 11) is 0. The second kappa shape index (κ2) is 4.63. The molecule has 0 amide bonds. The Hall–Kier alpha value is -1.81. The van der Waals surface area contributed by atoms with Crippen molar-refractivity contribution < 1.29 is 0 Å². The predicted molar refractivity (Wildman–Crippen MR) is 87.9 cm³/mol. The lowest BCUT2D eigenvalue weighted by Gasteiger charge is -2.07. The molecule has 0 bridgehead atoms. The van der Waals surface area contributed by atoms with E-state index in [1.165, 1.54) is 5.56 Å². The molecule has 1 aromatic heterocycles. The summed E-state index contributed by atoms with van der Waals surface area (Å²) in [6, 6.07) is 8.27. The van der Waals surface area contributed by atoms with Crippen LogP contribution in [0.1, 0.15) is 16.7 Å². The van der Waals surface area contributed by atoms with Crippen molar-refractivity contribution in [1.82, 2.24) is 9.97 Å². The molecule has 3 aromatic rings. The standard InChI is InChI=1S/C16H16BrN3/c1-8-4-9(2)14(18)12(5-8)16-19-13-7-11(17)6-10(3)15(13)20-16/h4-7H,18H2,1-3H3,(H,19,20). The van der Waals surface area contributed by atoms with Gasteiger partial charge in [-0.3, -0.25) is 0 Å². The number of hydrogen-bond acceptors (Lipinski definition) is 2. The van der Waals surface area contributed by atoms with Crippen LogP contribution in [0.25, 0.3) is 22.4 Å². The topological polar surface area (TPSA) is 54.7 Å². The molecular weight excluding hydrogens is 314 g/mol. The summed E-state index contributed by atoms with van der Waals surface area (Å²) in [5.41, 5.74) is 13.4. The number of imidazole rings is 1. The molecule has 1 heterocycles. The quantitative estimate of drug-likeness (QED) is 0.646. The zero-order valence-corrected chi connectivity index (χ0v) is 13.3. The number of H-pyrrole nitrogens is 1. The van der Waals surface area contributed by atoms with Gasteiger partial charge in [0.25, 0.3) is 0 Å². The van der Waals surface area contributed by atoms with Crippen molar-refractivity contribution in [2.45, 2.75) is 20.8 Å². The first-order valence-electron chi connectivity index (χ1n) is 6.48. The van der Waals surface area contributed by atoms with Crippen LogP contribution in [-0.4, -0.2) is 9.97 Å². The zero-order valence-electron chi connectivity index (χ0n) is 11.7. The predicted octanol–water partition coefficient (Wildman–Crippen LogP) is 4.50. The van der Waals surface area contributed by atoms with Crippen molar-refractivity contribution in [2.24, 2.45) is 0 Å². The number of nitrogen functional groups attached to an aromatic ring is 1. The molecule has 0 spiro atoms. The number of aromatic amines is 1. The average Bonchev–Trinajstić information content (AvgIpc) is 2.77. The van der Waals surface area contributed by atoms with Gasteiger partial charge in [-0.05, 0) is 55.7 Å². The summed E-state index contributed by atoms with van der Waals surface area (Å²) >= 11 is 3.51. The van der Waals surface area contributed by atoms with Gasteiger partial charge in [0.1, 0.15) is 5.82 Å². The molecule has 4 heteroatoms. The summed E-state index contributed by atoms with van der Waals surface area (Å²) in [5, 5.41) is 0. The molecule has 3 rings (SSSR count). The number of aromatic nitrogens is 2. The van der Waals surface area contributed by atoms with Gasteiger partial charge in [0, 0.05) is 15.7 Å². The third kappa shape index (κ3) is 2.10. The monoisotopic (exact) mass is 329 g/mol. The molecule has 0 atom stereocenters. The number of nitrogens with zero attached hydrogens (tertiary/aromatic N) is 1. The molecule has 0 aliphatic carbocycles. The molecule has 3 N–H and O–H groups in total. The number of nitrogens with two attached hydrogens (primary N) is 1. The maximum atomic E-state index is 6.20. The van der Waals surface area contributed by atoms with Crippen molar-refractivity contribution in [3.8, 4) is 11.4 Å². The number of rotatable bonds is 1. The molecule has 0 unspecified atom stereocenters. The number of hydrogen-bond donors (Lipinski definition) is 2. The maximum absolute atomic E-state index is 6.20. The van der Waals surface area contributed by atoms with E-state index < -0.39 is 0 Å². The Balaban J connectivity index is 2.28. The second-order valence-electron chi connectivity index (χ2n) is 5.25. The molecule has 0 fully saturated rings. The van der Waals surface area contributed by atoms with E-state index in [1.807, 2.05) is 13.0 Å². The molecule has 2 aromatic carbocycles. The van der Waals surface area contributed by atoms with E-state index in [4.69, 9.17) is 10.7 Å². The van der Waals surface area contributed by atoms with Gasteiger partial charge in [0.05, 0.1) is 11.0 Å². The molecule has 0 aliphatic rings. The fraction of sp³-hybridized carbons (Fsp3) is 0.188. The largest absolute Gasteiger partial charge is 0.398 e. The maximum Gasteiger partial charge on any atom is 0.140 e. The van der Waals surface area contributed by atoms with Crippen LogP contribution < -0.4 is 5.73 Å². The third-order valence-electron chi connectivity index (χ3n) is 3.53. The number of halogens is 1. The summed E-state index contributed by atoms with van der Waals surface area (Å²) < 4.78 is 1.05. The Kier molecular flexibility index (Phi) is 3.05. The number of benzene rings is 2. The Morgan fingerprint density at radius 2 is 1.80 bits per heavy atom. The van der Waals surface area contributed by atoms with E-state index in [9.17, 15) is 0 Å². The highest BCUT2D eigenvalue weighted by molar-refractivity contribution is 9.10. The first-order valence-corrected chi connectivity index (χ1v) is 7.28. The van der Waals surface area contributed by atoms with E-state index in [2.05, 4.69) is 53.0 Å². The van der Waals surface area contributed by atoms with Crippen LogP contribution in [0.2, 0.25) is 0 Å². The Morgan fingerprint density at radius 3 is 2.55 bits per heavy atom. The molecule has 0 saturated carbocycles. The second-order valence-corrected chi connectivity index (χ2v) is 6.16. The van der Waals surface area contributed by atoms with Crippen LogP contribution in [0.3, 0.4) is 0 Å². The van der Waals surface area contributed by atoms with Crippen molar-refractivity contribution in [3.63, 3.8) is 0 Å². The van der Waals surface area contributed by atoms with Gasteiger partial charge in [0.15, 0.2) is 0 Å². The minimum Gasteiger partial charge on any atom is -0.398 e. The number of aryl methyl sites for hydroxylation is 3. The molecule has 0 aliphatic heterocycles. The smallest absolute Gasteiger partial charge is 0.140 e. The van der Waals surface area contributed by atoms with Gasteiger partial charge in [-0.2, -0.15) is 0 Å². The van der Waals surface area contributed by atoms with Gasteiger partial charge in [-0.15, -0.1) is 0 Å².